The fourth-order valence-corrected chi connectivity index (χ4v) is 6.61. The lowest BCUT2D eigenvalue weighted by Crippen LogP contribution is -2.38. The van der Waals surface area contributed by atoms with Crippen molar-refractivity contribution >= 4 is 54.0 Å². The second-order valence-electron chi connectivity index (χ2n) is 9.68. The molecule has 0 saturated carbocycles. The molecule has 15 heteroatoms. The second kappa shape index (κ2) is 12.1. The van der Waals surface area contributed by atoms with Gasteiger partial charge in [0.2, 0.25) is 10.0 Å². The Morgan fingerprint density at radius 1 is 1.14 bits per heavy atom. The van der Waals surface area contributed by atoms with E-state index < -0.39 is 31.3 Å². The van der Waals surface area contributed by atoms with E-state index in [-0.39, 0.29) is 55.2 Å². The van der Waals surface area contributed by atoms with Crippen LogP contribution in [-0.2, 0) is 16.6 Å². The van der Waals surface area contributed by atoms with E-state index in [1.165, 1.54) is 41.0 Å². The number of nitrogens with one attached hydrogen (secondary N) is 1. The van der Waals surface area contributed by atoms with Crippen molar-refractivity contribution < 1.29 is 27.6 Å². The number of nitro benzene ring substituents is 1. The van der Waals surface area contributed by atoms with Crippen LogP contribution in [0.1, 0.15) is 12.0 Å². The van der Waals surface area contributed by atoms with E-state index in [1.54, 1.807) is 19.2 Å². The van der Waals surface area contributed by atoms with E-state index in [4.69, 9.17) is 4.74 Å². The number of ether oxygens (including phenoxy) is 1. The quantitative estimate of drug-likeness (QED) is 0.232. The summed E-state index contributed by atoms with van der Waals surface area (Å²) in [4.78, 5) is 20.9. The zero-order chi connectivity index (χ0) is 30.0. The summed E-state index contributed by atoms with van der Waals surface area (Å²) in [6, 6.07) is 11.2. The maximum atomic E-state index is 14.7. The lowest BCUT2D eigenvalue weighted by molar-refractivity contribution is -0.387. The highest BCUT2D eigenvalue weighted by atomic mass is 79.9. The molecule has 2 N–H and O–H groups in total. The summed E-state index contributed by atoms with van der Waals surface area (Å²) in [5.41, 5.74) is 1.04. The lowest BCUT2D eigenvalue weighted by atomic mass is 10.1. The highest BCUT2D eigenvalue weighted by Gasteiger charge is 2.31. The molecule has 3 aromatic carbocycles. The Morgan fingerprint density at radius 3 is 2.71 bits per heavy atom. The van der Waals surface area contributed by atoms with Crippen LogP contribution in [0, 0.1) is 15.9 Å². The van der Waals surface area contributed by atoms with E-state index in [9.17, 15) is 28.0 Å². The number of sulfonamides is 1. The Labute approximate surface area is 249 Å². The minimum Gasteiger partial charge on any atom is -0.504 e. The van der Waals surface area contributed by atoms with Gasteiger partial charge >= 0.3 is 0 Å². The third kappa shape index (κ3) is 6.13. The Kier molecular flexibility index (Phi) is 8.54. The Balaban J connectivity index is 1.56. The number of hydrogen-bond donors (Lipinski definition) is 2. The van der Waals surface area contributed by atoms with Gasteiger partial charge in [0.1, 0.15) is 18.0 Å². The van der Waals surface area contributed by atoms with Crippen LogP contribution in [0.3, 0.4) is 0 Å². The molecular weight excluding hydrogens is 635 g/mol. The fourth-order valence-electron chi connectivity index (χ4n) is 4.64. The standard InChI is InChI=1S/C27H26BrFN6O6S/c1-33-8-9-34(42(39,40)26-6-3-2-5-23(26)35(37)38)7-4-10-41-25-12-18-22(14-24(25)36)30-16-31-27(18)32-21-13-19(28)20(29)11-17(21)15-33/h2-3,5-6,11-14,16,36H,4,7-10,15H2,1H3,(H,30,31,32). The average Bonchev–Trinajstić information content (AvgIpc) is 2.95. The number of rotatable bonds is 3. The van der Waals surface area contributed by atoms with Crippen LogP contribution in [-0.4, -0.2) is 70.9 Å². The number of aromatic nitrogens is 2. The minimum absolute atomic E-state index is 0.0000778. The Hall–Kier alpha value is -3.92. The number of hydrogen-bond acceptors (Lipinski definition) is 10. The SMILES string of the molecule is CN1CCN(S(=O)(=O)c2ccccc2[N+](=O)[O-])CCCOc2cc3c(ncnc3cc2O)Nc2cc(Br)c(F)cc2C1. The third-order valence-electron chi connectivity index (χ3n) is 6.78. The molecule has 12 nitrogen and oxygen atoms in total. The fraction of sp³-hybridized carbons (Fsp3) is 0.259. The van der Waals surface area contributed by atoms with Gasteiger partial charge in [0, 0.05) is 49.4 Å². The molecule has 4 aromatic rings. The smallest absolute Gasteiger partial charge is 0.289 e. The van der Waals surface area contributed by atoms with Gasteiger partial charge in [-0.2, -0.15) is 4.31 Å². The molecule has 0 aliphatic carbocycles. The van der Waals surface area contributed by atoms with Crippen LogP contribution in [0.5, 0.6) is 11.5 Å². The first-order chi connectivity index (χ1) is 20.0. The summed E-state index contributed by atoms with van der Waals surface area (Å²) in [7, 11) is -2.51. The average molecular weight is 662 g/mol. The predicted octanol–water partition coefficient (Wildman–Crippen LogP) is 4.79. The first kappa shape index (κ1) is 29.6. The molecule has 1 aromatic heterocycles. The molecule has 0 spiro atoms. The summed E-state index contributed by atoms with van der Waals surface area (Å²) in [5, 5.41) is 26.0. The molecule has 2 bridgehead atoms. The largest absolute Gasteiger partial charge is 0.504 e. The van der Waals surface area contributed by atoms with Gasteiger partial charge in [-0.05, 0) is 59.2 Å². The van der Waals surface area contributed by atoms with Crippen LogP contribution in [0.25, 0.3) is 10.9 Å². The van der Waals surface area contributed by atoms with Crippen molar-refractivity contribution in [2.24, 2.45) is 0 Å². The summed E-state index contributed by atoms with van der Waals surface area (Å²) in [5.74, 6) is -0.0848. The van der Waals surface area contributed by atoms with E-state index >= 15 is 0 Å². The van der Waals surface area contributed by atoms with E-state index in [1.807, 2.05) is 4.90 Å². The number of fused-ring (bicyclic) bond motifs is 2. The van der Waals surface area contributed by atoms with Gasteiger partial charge in [-0.3, -0.25) is 10.1 Å². The molecule has 0 saturated heterocycles. The van der Waals surface area contributed by atoms with Crippen LogP contribution in [0.4, 0.5) is 21.6 Å². The Morgan fingerprint density at radius 2 is 1.93 bits per heavy atom. The maximum absolute atomic E-state index is 14.7. The molecule has 1 aliphatic rings. The number of phenolic OH excluding ortho intramolecular Hbond substituents is 1. The monoisotopic (exact) mass is 660 g/mol. The van der Waals surface area contributed by atoms with E-state index in [0.29, 0.717) is 28.0 Å². The highest BCUT2D eigenvalue weighted by molar-refractivity contribution is 9.10. The van der Waals surface area contributed by atoms with Crippen molar-refractivity contribution in [1.82, 2.24) is 19.2 Å². The molecule has 0 amide bonds. The topological polar surface area (TPSA) is 151 Å². The molecule has 0 atom stereocenters. The lowest BCUT2D eigenvalue weighted by Gasteiger charge is -2.26. The summed E-state index contributed by atoms with van der Waals surface area (Å²) in [6.07, 6.45) is 1.57. The highest BCUT2D eigenvalue weighted by Crippen LogP contribution is 2.36. The van der Waals surface area contributed by atoms with Crippen molar-refractivity contribution in [2.45, 2.75) is 17.9 Å². The first-order valence-electron chi connectivity index (χ1n) is 12.8. The van der Waals surface area contributed by atoms with Gasteiger partial charge in [0.25, 0.3) is 5.69 Å². The second-order valence-corrected chi connectivity index (χ2v) is 12.4. The van der Waals surface area contributed by atoms with Crippen molar-refractivity contribution in [3.05, 3.63) is 80.8 Å². The number of aromatic hydroxyl groups is 1. The maximum Gasteiger partial charge on any atom is 0.289 e. The van der Waals surface area contributed by atoms with Crippen LogP contribution in [0.15, 0.2) is 64.2 Å². The van der Waals surface area contributed by atoms with E-state index in [2.05, 4.69) is 31.2 Å². The van der Waals surface area contributed by atoms with Crippen LogP contribution < -0.4 is 10.1 Å². The number of likely N-dealkylation sites (N-methyl/N-ethyl adjacent to an activating group) is 1. The van der Waals surface area contributed by atoms with Gasteiger partial charge in [-0.1, -0.05) is 12.1 Å². The molecule has 0 fully saturated rings. The predicted molar refractivity (Wildman–Crippen MR) is 157 cm³/mol. The van der Waals surface area contributed by atoms with Gasteiger partial charge in [-0.15, -0.1) is 0 Å². The first-order valence-corrected chi connectivity index (χ1v) is 15.1. The molecule has 2 heterocycles. The number of para-hydroxylation sites is 1. The molecule has 0 radical (unpaired) electrons. The number of halogens is 2. The van der Waals surface area contributed by atoms with Crippen molar-refractivity contribution in [1.29, 1.82) is 0 Å². The summed E-state index contributed by atoms with van der Waals surface area (Å²) >= 11 is 3.23. The van der Waals surface area contributed by atoms with E-state index in [0.717, 1.165) is 6.07 Å². The number of nitro groups is 1. The zero-order valence-corrected chi connectivity index (χ0v) is 24.7. The molecular formula is C27H26BrFN6O6S. The minimum atomic E-state index is -4.27. The molecule has 42 heavy (non-hydrogen) atoms. The number of nitrogens with zero attached hydrogens (tertiary/aromatic N) is 5. The molecule has 0 unspecified atom stereocenters. The molecule has 1 aliphatic heterocycles. The summed E-state index contributed by atoms with van der Waals surface area (Å²) in [6.45, 7) is 0.507. The molecule has 220 valence electrons. The van der Waals surface area contributed by atoms with Crippen LogP contribution >= 0.6 is 15.9 Å². The number of benzene rings is 3. The van der Waals surface area contributed by atoms with Gasteiger partial charge in [-0.25, -0.2) is 22.8 Å². The van der Waals surface area contributed by atoms with Gasteiger partial charge in [0.05, 0.1) is 21.5 Å². The third-order valence-corrected chi connectivity index (χ3v) is 9.33. The Bertz CT molecular complexity index is 1780. The van der Waals surface area contributed by atoms with Gasteiger partial charge in [0.15, 0.2) is 16.4 Å². The zero-order valence-electron chi connectivity index (χ0n) is 22.3. The number of anilines is 2. The van der Waals surface area contributed by atoms with Crippen molar-refractivity contribution in [2.75, 3.05) is 38.6 Å². The van der Waals surface area contributed by atoms with Crippen molar-refractivity contribution in [3.63, 3.8) is 0 Å². The van der Waals surface area contributed by atoms with Crippen molar-refractivity contribution in [3.8, 4) is 11.5 Å². The summed E-state index contributed by atoms with van der Waals surface area (Å²) < 4.78 is 49.3. The van der Waals surface area contributed by atoms with Crippen LogP contribution in [0.2, 0.25) is 0 Å². The van der Waals surface area contributed by atoms with Gasteiger partial charge < -0.3 is 20.1 Å². The normalized spacial score (nSPS) is 15.6. The number of phenols is 1. The molecule has 5 rings (SSSR count).